The van der Waals surface area contributed by atoms with E-state index in [9.17, 15) is 8.78 Å². The third-order valence-electron chi connectivity index (χ3n) is 2.06. The van der Waals surface area contributed by atoms with Crippen molar-refractivity contribution in [3.63, 3.8) is 0 Å². The fraction of sp³-hybridized carbons (Fsp3) is 0.222. The first kappa shape index (κ1) is 12.2. The highest BCUT2D eigenvalue weighted by molar-refractivity contribution is 6.31. The predicted octanol–water partition coefficient (Wildman–Crippen LogP) is 2.99. The third-order valence-corrected chi connectivity index (χ3v) is 2.71. The maximum atomic E-state index is 12.7. The standard InChI is InChI=1S/C9H6Cl2F2N4/c10-3-5-7(9(12)13)16-17(8(5)11)6-4-14-1-2-15-6/h1-2,4,9H,3H2. The van der Waals surface area contributed by atoms with Gasteiger partial charge in [-0.05, 0) is 0 Å². The van der Waals surface area contributed by atoms with Gasteiger partial charge in [-0.2, -0.15) is 5.10 Å². The molecule has 0 spiro atoms. The Kier molecular flexibility index (Phi) is 3.54. The SMILES string of the molecule is FC(F)c1nn(-c2cnccn2)c(Cl)c1CCl. The number of hydrogen-bond acceptors (Lipinski definition) is 3. The molecule has 0 unspecified atom stereocenters. The fourth-order valence-electron chi connectivity index (χ4n) is 1.30. The molecule has 2 heterocycles. The molecule has 0 radical (unpaired) electrons. The number of hydrogen-bond donors (Lipinski definition) is 0. The lowest BCUT2D eigenvalue weighted by Crippen LogP contribution is -2.00. The van der Waals surface area contributed by atoms with Gasteiger partial charge in [0.1, 0.15) is 10.8 Å². The molecule has 0 bridgehead atoms. The van der Waals surface area contributed by atoms with Gasteiger partial charge in [-0.15, -0.1) is 11.6 Å². The van der Waals surface area contributed by atoms with Gasteiger partial charge in [0.05, 0.1) is 12.1 Å². The van der Waals surface area contributed by atoms with Crippen LogP contribution in [0.4, 0.5) is 8.78 Å². The Morgan fingerprint density at radius 1 is 1.35 bits per heavy atom. The van der Waals surface area contributed by atoms with Gasteiger partial charge in [-0.3, -0.25) is 4.98 Å². The van der Waals surface area contributed by atoms with E-state index < -0.39 is 12.1 Å². The molecule has 2 aromatic heterocycles. The summed E-state index contributed by atoms with van der Waals surface area (Å²) in [6.45, 7) is 0. The quantitative estimate of drug-likeness (QED) is 0.811. The molecule has 0 saturated carbocycles. The molecule has 2 rings (SSSR count). The Bertz CT molecular complexity index is 515. The lowest BCUT2D eigenvalue weighted by molar-refractivity contribution is 0.144. The molecule has 2 aromatic rings. The van der Waals surface area contributed by atoms with Crippen LogP contribution in [0.25, 0.3) is 5.82 Å². The number of alkyl halides is 3. The van der Waals surface area contributed by atoms with Crippen LogP contribution < -0.4 is 0 Å². The van der Waals surface area contributed by atoms with E-state index in [1.54, 1.807) is 0 Å². The smallest absolute Gasteiger partial charge is 0.259 e. The van der Waals surface area contributed by atoms with Crippen LogP contribution in [0.2, 0.25) is 5.15 Å². The van der Waals surface area contributed by atoms with Gasteiger partial charge < -0.3 is 0 Å². The van der Waals surface area contributed by atoms with Crippen LogP contribution in [-0.2, 0) is 5.88 Å². The molecular weight excluding hydrogens is 273 g/mol. The minimum atomic E-state index is -2.74. The van der Waals surface area contributed by atoms with E-state index in [2.05, 4.69) is 15.1 Å². The highest BCUT2D eigenvalue weighted by atomic mass is 35.5. The normalized spacial score (nSPS) is 11.1. The minimum absolute atomic E-state index is 0.0239. The molecule has 4 nitrogen and oxygen atoms in total. The van der Waals surface area contributed by atoms with Gasteiger partial charge in [0.2, 0.25) is 0 Å². The topological polar surface area (TPSA) is 43.6 Å². The monoisotopic (exact) mass is 278 g/mol. The largest absolute Gasteiger partial charge is 0.282 e. The minimum Gasteiger partial charge on any atom is -0.259 e. The first-order chi connectivity index (χ1) is 8.15. The van der Waals surface area contributed by atoms with Crippen LogP contribution in [0.15, 0.2) is 18.6 Å². The maximum Gasteiger partial charge on any atom is 0.282 e. The zero-order chi connectivity index (χ0) is 12.4. The predicted molar refractivity (Wildman–Crippen MR) is 58.7 cm³/mol. The second-order valence-corrected chi connectivity index (χ2v) is 3.69. The van der Waals surface area contributed by atoms with E-state index in [-0.39, 0.29) is 22.4 Å². The molecule has 0 amide bonds. The average molecular weight is 279 g/mol. The molecule has 0 saturated heterocycles. The van der Waals surface area contributed by atoms with Crippen molar-refractivity contribution in [2.24, 2.45) is 0 Å². The highest BCUT2D eigenvalue weighted by Crippen LogP contribution is 2.30. The van der Waals surface area contributed by atoms with Gasteiger partial charge in [0.25, 0.3) is 6.43 Å². The van der Waals surface area contributed by atoms with Crippen LogP contribution in [-0.4, -0.2) is 19.7 Å². The van der Waals surface area contributed by atoms with Crippen molar-refractivity contribution >= 4 is 23.2 Å². The van der Waals surface area contributed by atoms with Crippen molar-refractivity contribution in [3.05, 3.63) is 35.0 Å². The van der Waals surface area contributed by atoms with Gasteiger partial charge >= 0.3 is 0 Å². The van der Waals surface area contributed by atoms with Crippen molar-refractivity contribution in [2.45, 2.75) is 12.3 Å². The number of halogens is 4. The highest BCUT2D eigenvalue weighted by Gasteiger charge is 2.23. The lowest BCUT2D eigenvalue weighted by Gasteiger charge is -1.99. The van der Waals surface area contributed by atoms with Gasteiger partial charge in [0.15, 0.2) is 5.82 Å². The summed E-state index contributed by atoms with van der Waals surface area (Å²) in [7, 11) is 0. The van der Waals surface area contributed by atoms with Gasteiger partial charge in [-0.25, -0.2) is 18.4 Å². The van der Waals surface area contributed by atoms with E-state index in [0.29, 0.717) is 0 Å². The van der Waals surface area contributed by atoms with E-state index >= 15 is 0 Å². The summed E-state index contributed by atoms with van der Waals surface area (Å²) in [5.74, 6) is 0.120. The Balaban J connectivity index is 2.57. The van der Waals surface area contributed by atoms with E-state index in [1.165, 1.54) is 18.6 Å². The van der Waals surface area contributed by atoms with E-state index in [1.807, 2.05) is 0 Å². The molecule has 90 valence electrons. The molecule has 8 heteroatoms. The summed E-state index contributed by atoms with van der Waals surface area (Å²) in [5, 5.41) is 3.72. The van der Waals surface area contributed by atoms with Crippen molar-refractivity contribution in [1.82, 2.24) is 19.7 Å². The number of nitrogens with zero attached hydrogens (tertiary/aromatic N) is 4. The molecular formula is C9H6Cl2F2N4. The molecule has 0 N–H and O–H groups in total. The Morgan fingerprint density at radius 3 is 2.59 bits per heavy atom. The molecule has 0 aliphatic carbocycles. The van der Waals surface area contributed by atoms with E-state index in [4.69, 9.17) is 23.2 Å². The van der Waals surface area contributed by atoms with Crippen LogP contribution in [0.5, 0.6) is 0 Å². The Morgan fingerprint density at radius 2 is 2.12 bits per heavy atom. The summed E-state index contributed by atoms with van der Waals surface area (Å²) in [6.07, 6.45) is 1.50. The van der Waals surface area contributed by atoms with Crippen molar-refractivity contribution in [1.29, 1.82) is 0 Å². The van der Waals surface area contributed by atoms with E-state index in [0.717, 1.165) is 4.68 Å². The van der Waals surface area contributed by atoms with Crippen LogP contribution >= 0.6 is 23.2 Å². The number of rotatable bonds is 3. The van der Waals surface area contributed by atoms with Crippen LogP contribution in [0, 0.1) is 0 Å². The van der Waals surface area contributed by atoms with Crippen molar-refractivity contribution in [2.75, 3.05) is 0 Å². The lowest BCUT2D eigenvalue weighted by atomic mass is 10.3. The van der Waals surface area contributed by atoms with Gasteiger partial charge in [0, 0.05) is 18.0 Å². The third kappa shape index (κ3) is 2.23. The summed E-state index contributed by atoms with van der Waals surface area (Å²) < 4.78 is 26.5. The summed E-state index contributed by atoms with van der Waals surface area (Å²) >= 11 is 11.5. The second-order valence-electron chi connectivity index (χ2n) is 3.06. The first-order valence-electron chi connectivity index (χ1n) is 4.53. The zero-order valence-corrected chi connectivity index (χ0v) is 9.83. The fourth-order valence-corrected chi connectivity index (χ4v) is 1.92. The molecule has 0 atom stereocenters. The van der Waals surface area contributed by atoms with Crippen molar-refractivity contribution in [3.8, 4) is 5.82 Å². The molecule has 0 fully saturated rings. The zero-order valence-electron chi connectivity index (χ0n) is 8.32. The molecule has 0 aromatic carbocycles. The maximum absolute atomic E-state index is 12.7. The Labute approximate surface area is 105 Å². The average Bonchev–Trinajstić information content (AvgIpc) is 2.67. The molecule has 0 aliphatic heterocycles. The van der Waals surface area contributed by atoms with Crippen LogP contribution in [0.3, 0.4) is 0 Å². The summed E-state index contributed by atoms with van der Waals surface area (Å²) in [4.78, 5) is 7.73. The van der Waals surface area contributed by atoms with Crippen molar-refractivity contribution < 1.29 is 8.78 Å². The second kappa shape index (κ2) is 4.93. The van der Waals surface area contributed by atoms with Crippen LogP contribution in [0.1, 0.15) is 17.7 Å². The molecule has 0 aliphatic rings. The Hall–Kier alpha value is -1.27. The molecule has 17 heavy (non-hydrogen) atoms. The summed E-state index contributed by atoms with van der Waals surface area (Å²) in [6, 6.07) is 0. The number of aromatic nitrogens is 4. The summed E-state index contributed by atoms with van der Waals surface area (Å²) in [5.41, 5.74) is -0.329. The first-order valence-corrected chi connectivity index (χ1v) is 5.44. The van der Waals surface area contributed by atoms with Gasteiger partial charge in [-0.1, -0.05) is 11.6 Å².